The van der Waals surface area contributed by atoms with Crippen molar-refractivity contribution in [2.75, 3.05) is 0 Å². The van der Waals surface area contributed by atoms with E-state index >= 15 is 0 Å². The van der Waals surface area contributed by atoms with Crippen LogP contribution in [0.1, 0.15) is 5.56 Å². The molecule has 51 valence electrons. The van der Waals surface area contributed by atoms with Crippen molar-refractivity contribution in [3.8, 4) is 0 Å². The molecule has 0 amide bonds. The number of hydrogen-bond donors (Lipinski definition) is 0. The van der Waals surface area contributed by atoms with E-state index in [1.54, 1.807) is 24.5 Å². The van der Waals surface area contributed by atoms with Crippen LogP contribution in [0.3, 0.4) is 0 Å². The van der Waals surface area contributed by atoms with Gasteiger partial charge < -0.3 is 0 Å². The predicted molar refractivity (Wildman–Crippen MR) is 46.6 cm³/mol. The van der Waals surface area contributed by atoms with Crippen LogP contribution >= 0.6 is 31.9 Å². The Kier molecular flexibility index (Phi) is 2.63. The molecule has 0 saturated carbocycles. The van der Waals surface area contributed by atoms with Crippen molar-refractivity contribution in [3.05, 3.63) is 32.7 Å². The van der Waals surface area contributed by atoms with Gasteiger partial charge in [-0.1, -0.05) is 0 Å². The molecular weight excluding hydrogens is 260 g/mol. The summed E-state index contributed by atoms with van der Waals surface area (Å²) in [7, 11) is 0. The maximum atomic E-state index is 10.1. The van der Waals surface area contributed by atoms with Gasteiger partial charge >= 0.3 is 0 Å². The molecule has 0 saturated heterocycles. The van der Waals surface area contributed by atoms with Crippen LogP contribution in [0.15, 0.2) is 27.1 Å². The monoisotopic (exact) mass is 261 g/mol. The second-order valence-electron chi connectivity index (χ2n) is 1.73. The molecule has 0 aliphatic rings. The molecule has 0 atom stereocenters. The van der Waals surface area contributed by atoms with Crippen LogP contribution in [-0.2, 0) is 4.79 Å². The number of carbonyl (C=O) groups excluding carboxylic acids is 1. The van der Waals surface area contributed by atoms with Gasteiger partial charge in [-0.05, 0) is 50.1 Å². The number of halogens is 2. The second-order valence-corrected chi connectivity index (χ2v) is 3.44. The summed E-state index contributed by atoms with van der Waals surface area (Å²) in [6.07, 6.45) is 1.79. The van der Waals surface area contributed by atoms with Crippen molar-refractivity contribution in [2.24, 2.45) is 0 Å². The normalized spacial score (nSPS) is 9.40. The summed E-state index contributed by atoms with van der Waals surface area (Å²) in [5.41, 5.74) is 0.551. The largest absolute Gasteiger partial charge is 0.285 e. The first-order valence-corrected chi connectivity index (χ1v) is 4.16. The van der Waals surface area contributed by atoms with Crippen molar-refractivity contribution in [1.29, 1.82) is 0 Å². The Bertz CT molecular complexity index is 258. The van der Waals surface area contributed by atoms with E-state index < -0.39 is 0 Å². The minimum Gasteiger partial charge on any atom is -0.285 e. The Morgan fingerprint density at radius 2 is 1.90 bits per heavy atom. The Balaban J connectivity index is 3.16. The van der Waals surface area contributed by atoms with Crippen LogP contribution in [0.5, 0.6) is 0 Å². The van der Waals surface area contributed by atoms with E-state index in [1.165, 1.54) is 0 Å². The zero-order valence-corrected chi connectivity index (χ0v) is 8.07. The third-order valence-electron chi connectivity index (χ3n) is 1.04. The Morgan fingerprint density at radius 1 is 1.20 bits per heavy atom. The molecule has 1 aromatic carbocycles. The Labute approximate surface area is 75.7 Å². The second kappa shape index (κ2) is 3.30. The van der Waals surface area contributed by atoms with E-state index in [1.807, 2.05) is 0 Å². The lowest BCUT2D eigenvalue weighted by Gasteiger charge is -1.93. The van der Waals surface area contributed by atoms with Gasteiger partial charge in [0.1, 0.15) is 0 Å². The topological polar surface area (TPSA) is 17.1 Å². The maximum absolute atomic E-state index is 10.1. The highest BCUT2D eigenvalue weighted by Crippen LogP contribution is 2.22. The molecule has 3 heteroatoms. The molecule has 0 aliphatic heterocycles. The Hall–Kier alpha value is -0.150. The first kappa shape index (κ1) is 7.95. The molecule has 0 aromatic heterocycles. The molecule has 10 heavy (non-hydrogen) atoms. The van der Waals surface area contributed by atoms with Crippen LogP contribution < -0.4 is 0 Å². The van der Waals surface area contributed by atoms with Gasteiger partial charge in [0.25, 0.3) is 0 Å². The molecule has 0 N–H and O–H groups in total. The smallest absolute Gasteiger partial charge is 0.233 e. The van der Waals surface area contributed by atoms with Gasteiger partial charge in [0.15, 0.2) is 0 Å². The first-order chi connectivity index (χ1) is 4.74. The fourth-order valence-electron chi connectivity index (χ4n) is 0.560. The lowest BCUT2D eigenvalue weighted by Crippen LogP contribution is -1.78. The summed E-state index contributed by atoms with van der Waals surface area (Å²) in [6, 6.07) is 5.20. The minimum atomic E-state index is 0.551. The molecule has 0 fully saturated rings. The van der Waals surface area contributed by atoms with Crippen LogP contribution in [0.4, 0.5) is 0 Å². The summed E-state index contributed by atoms with van der Waals surface area (Å²) in [4.78, 5) is 10.1. The summed E-state index contributed by atoms with van der Waals surface area (Å²) in [5.74, 6) is 0. The molecular formula is C7H3Br2O. The highest BCUT2D eigenvalue weighted by Gasteiger charge is 1.96. The van der Waals surface area contributed by atoms with E-state index in [2.05, 4.69) is 31.9 Å². The highest BCUT2D eigenvalue weighted by molar-refractivity contribution is 9.13. The van der Waals surface area contributed by atoms with Crippen molar-refractivity contribution < 1.29 is 4.79 Å². The van der Waals surface area contributed by atoms with E-state index in [0.29, 0.717) is 5.56 Å². The molecule has 0 aliphatic carbocycles. The molecule has 1 radical (unpaired) electrons. The van der Waals surface area contributed by atoms with Crippen molar-refractivity contribution in [1.82, 2.24) is 0 Å². The SMILES string of the molecule is O=[C]c1ccc(Br)c(Br)c1. The molecule has 0 bridgehead atoms. The van der Waals surface area contributed by atoms with Crippen LogP contribution in [0.25, 0.3) is 0 Å². The first-order valence-electron chi connectivity index (χ1n) is 2.57. The average molecular weight is 263 g/mol. The lowest BCUT2D eigenvalue weighted by molar-refractivity contribution is 0.562. The molecule has 0 unspecified atom stereocenters. The van der Waals surface area contributed by atoms with Gasteiger partial charge in [-0.2, -0.15) is 0 Å². The summed E-state index contributed by atoms with van der Waals surface area (Å²) in [5, 5.41) is 0. The van der Waals surface area contributed by atoms with E-state index in [-0.39, 0.29) is 0 Å². The van der Waals surface area contributed by atoms with Gasteiger partial charge in [0.2, 0.25) is 6.29 Å². The zero-order valence-electron chi connectivity index (χ0n) is 4.90. The third-order valence-corrected chi connectivity index (χ3v) is 2.92. The van der Waals surface area contributed by atoms with Crippen molar-refractivity contribution in [3.63, 3.8) is 0 Å². The summed E-state index contributed by atoms with van der Waals surface area (Å²) < 4.78 is 1.81. The van der Waals surface area contributed by atoms with Gasteiger partial charge in [-0.15, -0.1) is 0 Å². The van der Waals surface area contributed by atoms with Gasteiger partial charge in [-0.25, -0.2) is 0 Å². The average Bonchev–Trinajstić information content (AvgIpc) is 1.95. The maximum Gasteiger partial charge on any atom is 0.233 e. The quantitative estimate of drug-likeness (QED) is 0.761. The predicted octanol–water partition coefficient (Wildman–Crippen LogP) is 2.67. The third kappa shape index (κ3) is 1.67. The van der Waals surface area contributed by atoms with Crippen molar-refractivity contribution in [2.45, 2.75) is 0 Å². The molecule has 1 nitrogen and oxygen atoms in total. The standard InChI is InChI=1S/C7H3Br2O/c8-6-2-1-5(4-10)3-7(6)9/h1-3H. The zero-order chi connectivity index (χ0) is 7.56. The summed E-state index contributed by atoms with van der Waals surface area (Å²) >= 11 is 6.54. The fourth-order valence-corrected chi connectivity index (χ4v) is 1.19. The van der Waals surface area contributed by atoms with Gasteiger partial charge in [0.05, 0.1) is 0 Å². The number of hydrogen-bond acceptors (Lipinski definition) is 1. The number of benzene rings is 1. The molecule has 0 heterocycles. The minimum absolute atomic E-state index is 0.551. The fraction of sp³-hybridized carbons (Fsp3) is 0. The number of rotatable bonds is 1. The van der Waals surface area contributed by atoms with E-state index in [9.17, 15) is 4.79 Å². The van der Waals surface area contributed by atoms with Gasteiger partial charge in [-0.3, -0.25) is 4.79 Å². The Morgan fingerprint density at radius 3 is 2.40 bits per heavy atom. The molecule has 1 rings (SSSR count). The van der Waals surface area contributed by atoms with E-state index in [0.717, 1.165) is 8.95 Å². The van der Waals surface area contributed by atoms with Gasteiger partial charge in [0, 0.05) is 14.5 Å². The molecule has 0 spiro atoms. The van der Waals surface area contributed by atoms with E-state index in [4.69, 9.17) is 0 Å². The van der Waals surface area contributed by atoms with Crippen LogP contribution in [-0.4, -0.2) is 6.29 Å². The lowest BCUT2D eigenvalue weighted by atomic mass is 10.2. The summed E-state index contributed by atoms with van der Waals surface area (Å²) in [6.45, 7) is 0. The molecule has 1 aromatic rings. The highest BCUT2D eigenvalue weighted by atomic mass is 79.9. The van der Waals surface area contributed by atoms with Crippen molar-refractivity contribution >= 4 is 38.1 Å². The van der Waals surface area contributed by atoms with Crippen LogP contribution in [0, 0.1) is 0 Å². The van der Waals surface area contributed by atoms with Crippen LogP contribution in [0.2, 0.25) is 0 Å².